The molecule has 1 N–H and O–H groups in total. The van der Waals surface area contributed by atoms with Crippen LogP contribution in [0.4, 0.5) is 0 Å². The molecular weight excluding hydrogens is 250 g/mol. The number of pyridine rings is 1. The average molecular weight is 273 g/mol. The largest absolute Gasteiger partial charge is 0.359 e. The van der Waals surface area contributed by atoms with Gasteiger partial charge < -0.3 is 5.32 Å². The third kappa shape index (κ3) is 2.44. The summed E-state index contributed by atoms with van der Waals surface area (Å²) in [7, 11) is 1.76. The molecule has 1 aliphatic heterocycles. The topological polar surface area (TPSA) is 45.2 Å². The molecule has 1 saturated heterocycles. The molecule has 1 aromatic rings. The van der Waals surface area contributed by atoms with E-state index in [0.29, 0.717) is 0 Å². The van der Waals surface area contributed by atoms with E-state index >= 15 is 0 Å². The minimum atomic E-state index is 0.214. The molecule has 2 atom stereocenters. The van der Waals surface area contributed by atoms with Gasteiger partial charge in [-0.05, 0) is 42.9 Å². The van der Waals surface area contributed by atoms with Gasteiger partial charge in [0.05, 0.1) is 0 Å². The van der Waals surface area contributed by atoms with Crippen LogP contribution in [0.1, 0.15) is 31.2 Å². The first-order chi connectivity index (χ1) is 9.73. The second-order valence-electron chi connectivity index (χ2n) is 6.24. The van der Waals surface area contributed by atoms with Crippen LogP contribution in [0.3, 0.4) is 0 Å². The van der Waals surface area contributed by atoms with Gasteiger partial charge in [-0.3, -0.25) is 14.7 Å². The summed E-state index contributed by atoms with van der Waals surface area (Å²) >= 11 is 0. The standard InChI is InChI=1S/C16H23N3O/c1-17-15(20)14-5-2-6-16(14)7-9-19(12-16)11-13-4-3-8-18-10-13/h3-4,8,10,14H,2,5-7,9,11-12H2,1H3,(H,17,20)/t14-,16-/m0/s1. The minimum Gasteiger partial charge on any atom is -0.359 e. The Morgan fingerprint density at radius 2 is 2.45 bits per heavy atom. The quantitative estimate of drug-likeness (QED) is 0.913. The summed E-state index contributed by atoms with van der Waals surface area (Å²) in [4.78, 5) is 18.8. The summed E-state index contributed by atoms with van der Waals surface area (Å²) in [5.41, 5.74) is 1.49. The highest BCUT2D eigenvalue weighted by molar-refractivity contribution is 5.79. The van der Waals surface area contributed by atoms with Crippen molar-refractivity contribution in [2.24, 2.45) is 11.3 Å². The molecule has 0 bridgehead atoms. The third-order valence-electron chi connectivity index (χ3n) is 5.06. The highest BCUT2D eigenvalue weighted by Gasteiger charge is 2.49. The zero-order valence-corrected chi connectivity index (χ0v) is 12.1. The van der Waals surface area contributed by atoms with Crippen molar-refractivity contribution in [1.29, 1.82) is 0 Å². The van der Waals surface area contributed by atoms with Gasteiger partial charge in [-0.25, -0.2) is 0 Å². The van der Waals surface area contributed by atoms with E-state index in [0.717, 1.165) is 32.5 Å². The molecule has 1 spiro atoms. The number of rotatable bonds is 3. The van der Waals surface area contributed by atoms with Gasteiger partial charge in [-0.1, -0.05) is 12.5 Å². The fourth-order valence-electron chi connectivity index (χ4n) is 4.08. The number of nitrogens with zero attached hydrogens (tertiary/aromatic N) is 2. The van der Waals surface area contributed by atoms with Gasteiger partial charge in [-0.2, -0.15) is 0 Å². The molecule has 3 rings (SSSR count). The molecule has 4 heteroatoms. The molecule has 2 aliphatic rings. The Morgan fingerprint density at radius 1 is 1.55 bits per heavy atom. The maximum absolute atomic E-state index is 12.1. The zero-order valence-electron chi connectivity index (χ0n) is 12.1. The monoisotopic (exact) mass is 273 g/mol. The van der Waals surface area contributed by atoms with Crippen LogP contribution < -0.4 is 5.32 Å². The van der Waals surface area contributed by atoms with E-state index in [1.165, 1.54) is 18.4 Å². The SMILES string of the molecule is CNC(=O)[C@@H]1CCC[C@@]12CCN(Cc1cccnc1)C2. The number of aromatic nitrogens is 1. The first-order valence-corrected chi connectivity index (χ1v) is 7.56. The molecule has 1 aromatic heterocycles. The second-order valence-corrected chi connectivity index (χ2v) is 6.24. The number of hydrogen-bond acceptors (Lipinski definition) is 3. The average Bonchev–Trinajstić information content (AvgIpc) is 3.07. The van der Waals surface area contributed by atoms with Crippen molar-refractivity contribution in [2.75, 3.05) is 20.1 Å². The van der Waals surface area contributed by atoms with Gasteiger partial charge in [0.15, 0.2) is 0 Å². The molecule has 0 radical (unpaired) electrons. The number of nitrogens with one attached hydrogen (secondary N) is 1. The number of hydrogen-bond donors (Lipinski definition) is 1. The van der Waals surface area contributed by atoms with Crippen LogP contribution in [0, 0.1) is 11.3 Å². The highest BCUT2D eigenvalue weighted by Crippen LogP contribution is 2.49. The van der Waals surface area contributed by atoms with Gasteiger partial charge in [0.1, 0.15) is 0 Å². The molecule has 0 aromatic carbocycles. The lowest BCUT2D eigenvalue weighted by atomic mass is 9.76. The molecular formula is C16H23N3O. The molecule has 1 amide bonds. The molecule has 1 aliphatic carbocycles. The van der Waals surface area contributed by atoms with E-state index in [4.69, 9.17) is 0 Å². The van der Waals surface area contributed by atoms with Crippen LogP contribution in [0.15, 0.2) is 24.5 Å². The molecule has 4 nitrogen and oxygen atoms in total. The molecule has 2 heterocycles. The molecule has 1 saturated carbocycles. The molecule has 2 fully saturated rings. The first-order valence-electron chi connectivity index (χ1n) is 7.56. The normalized spacial score (nSPS) is 29.9. The van der Waals surface area contributed by atoms with Crippen molar-refractivity contribution in [3.63, 3.8) is 0 Å². The van der Waals surface area contributed by atoms with E-state index in [9.17, 15) is 4.79 Å². The zero-order chi connectivity index (χ0) is 14.0. The number of carbonyl (C=O) groups is 1. The lowest BCUT2D eigenvalue weighted by molar-refractivity contribution is -0.127. The molecule has 108 valence electrons. The van der Waals surface area contributed by atoms with E-state index in [1.54, 1.807) is 7.05 Å². The van der Waals surface area contributed by atoms with Gasteiger partial charge in [-0.15, -0.1) is 0 Å². The summed E-state index contributed by atoms with van der Waals surface area (Å²) in [6, 6.07) is 4.12. The van der Waals surface area contributed by atoms with Gasteiger partial charge in [0.25, 0.3) is 0 Å². The summed E-state index contributed by atoms with van der Waals surface area (Å²) in [6.45, 7) is 3.11. The Bertz CT molecular complexity index is 476. The van der Waals surface area contributed by atoms with Crippen molar-refractivity contribution in [3.05, 3.63) is 30.1 Å². The fraction of sp³-hybridized carbons (Fsp3) is 0.625. The van der Waals surface area contributed by atoms with Gasteiger partial charge >= 0.3 is 0 Å². The number of carbonyl (C=O) groups excluding carboxylic acids is 1. The van der Waals surface area contributed by atoms with Gasteiger partial charge in [0, 0.05) is 38.4 Å². The van der Waals surface area contributed by atoms with Crippen LogP contribution >= 0.6 is 0 Å². The van der Waals surface area contributed by atoms with E-state index in [1.807, 2.05) is 18.5 Å². The van der Waals surface area contributed by atoms with Crippen LogP contribution in [-0.2, 0) is 11.3 Å². The smallest absolute Gasteiger partial charge is 0.223 e. The Hall–Kier alpha value is -1.42. The van der Waals surface area contributed by atoms with Crippen molar-refractivity contribution in [3.8, 4) is 0 Å². The van der Waals surface area contributed by atoms with Crippen molar-refractivity contribution in [2.45, 2.75) is 32.2 Å². The predicted molar refractivity (Wildman–Crippen MR) is 78.0 cm³/mol. The van der Waals surface area contributed by atoms with Crippen LogP contribution in [0.5, 0.6) is 0 Å². The second kappa shape index (κ2) is 5.52. The maximum atomic E-state index is 12.1. The minimum absolute atomic E-state index is 0.214. The summed E-state index contributed by atoms with van der Waals surface area (Å²) in [5.74, 6) is 0.456. The lowest BCUT2D eigenvalue weighted by Crippen LogP contribution is -2.39. The Balaban J connectivity index is 1.68. The summed E-state index contributed by atoms with van der Waals surface area (Å²) in [6.07, 6.45) is 8.36. The molecule has 20 heavy (non-hydrogen) atoms. The van der Waals surface area contributed by atoms with Crippen molar-refractivity contribution in [1.82, 2.24) is 15.2 Å². The number of amides is 1. The fourth-order valence-corrected chi connectivity index (χ4v) is 4.08. The van der Waals surface area contributed by atoms with Crippen molar-refractivity contribution >= 4 is 5.91 Å². The van der Waals surface area contributed by atoms with E-state index in [2.05, 4.69) is 21.3 Å². The summed E-state index contributed by atoms with van der Waals surface area (Å²) < 4.78 is 0. The first kappa shape index (κ1) is 13.6. The Labute approximate surface area is 120 Å². The third-order valence-corrected chi connectivity index (χ3v) is 5.06. The lowest BCUT2D eigenvalue weighted by Gasteiger charge is -2.30. The van der Waals surface area contributed by atoms with Crippen LogP contribution in [-0.4, -0.2) is 35.9 Å². The predicted octanol–water partition coefficient (Wildman–Crippen LogP) is 1.82. The van der Waals surface area contributed by atoms with Crippen LogP contribution in [0.25, 0.3) is 0 Å². The number of likely N-dealkylation sites (tertiary alicyclic amines) is 1. The molecule has 0 unspecified atom stereocenters. The van der Waals surface area contributed by atoms with Gasteiger partial charge in [0.2, 0.25) is 5.91 Å². The Morgan fingerprint density at radius 3 is 3.20 bits per heavy atom. The Kier molecular flexibility index (Phi) is 3.74. The van der Waals surface area contributed by atoms with E-state index in [-0.39, 0.29) is 17.2 Å². The highest BCUT2D eigenvalue weighted by atomic mass is 16.1. The maximum Gasteiger partial charge on any atom is 0.223 e. The van der Waals surface area contributed by atoms with Crippen molar-refractivity contribution < 1.29 is 4.79 Å². The van der Waals surface area contributed by atoms with E-state index < -0.39 is 0 Å². The van der Waals surface area contributed by atoms with Crippen LogP contribution in [0.2, 0.25) is 0 Å². The summed E-state index contributed by atoms with van der Waals surface area (Å²) in [5, 5.41) is 2.86.